The lowest BCUT2D eigenvalue weighted by Gasteiger charge is -2.43. The molecule has 2 heterocycles. The van der Waals surface area contributed by atoms with Gasteiger partial charge < -0.3 is 19.6 Å². The number of fused-ring (bicyclic) bond motifs is 1. The van der Waals surface area contributed by atoms with E-state index in [1.54, 1.807) is 4.90 Å². The monoisotopic (exact) mass is 242 g/mol. The number of ether oxygens (including phenoxy) is 1. The van der Waals surface area contributed by atoms with Crippen molar-refractivity contribution >= 4 is 12.2 Å². The molecule has 0 aromatic carbocycles. The first-order valence-corrected chi connectivity index (χ1v) is 5.75. The first-order valence-electron chi connectivity index (χ1n) is 5.75. The van der Waals surface area contributed by atoms with Crippen LogP contribution in [0.3, 0.4) is 0 Å². The molecule has 0 aromatic rings. The molecule has 6 nitrogen and oxygen atoms in total. The molecule has 0 aromatic heterocycles. The Hall–Kier alpha value is -1.46. The van der Waals surface area contributed by atoms with E-state index in [1.165, 1.54) is 4.90 Å². The average Bonchev–Trinajstić information content (AvgIpc) is 2.41. The third-order valence-corrected chi connectivity index (χ3v) is 3.14. The number of carbonyl (C=O) groups is 2. The van der Waals surface area contributed by atoms with Gasteiger partial charge in [0, 0.05) is 25.6 Å². The molecule has 2 atom stereocenters. The van der Waals surface area contributed by atoms with E-state index in [4.69, 9.17) is 9.84 Å². The fourth-order valence-corrected chi connectivity index (χ4v) is 2.32. The van der Waals surface area contributed by atoms with Crippen LogP contribution in [0.25, 0.3) is 0 Å². The van der Waals surface area contributed by atoms with Crippen LogP contribution in [-0.4, -0.2) is 58.4 Å². The van der Waals surface area contributed by atoms with Gasteiger partial charge in [-0.3, -0.25) is 0 Å². The third-order valence-electron chi connectivity index (χ3n) is 3.14. The number of hydrogen-bond donors (Lipinski definition) is 1. The molecule has 2 saturated heterocycles. The SMILES string of the molecule is CC(C)(C)OC(=O)N1CC2CN(C(=O)O)CC21. The zero-order valence-electron chi connectivity index (χ0n) is 10.3. The summed E-state index contributed by atoms with van der Waals surface area (Å²) >= 11 is 0. The van der Waals surface area contributed by atoms with Gasteiger partial charge in [0.2, 0.25) is 0 Å². The van der Waals surface area contributed by atoms with E-state index in [-0.39, 0.29) is 18.1 Å². The molecule has 0 radical (unpaired) electrons. The number of hydrogen-bond acceptors (Lipinski definition) is 3. The second kappa shape index (κ2) is 3.78. The molecule has 17 heavy (non-hydrogen) atoms. The van der Waals surface area contributed by atoms with E-state index < -0.39 is 11.7 Å². The average molecular weight is 242 g/mol. The van der Waals surface area contributed by atoms with Crippen LogP contribution >= 0.6 is 0 Å². The highest BCUT2D eigenvalue weighted by Crippen LogP contribution is 2.33. The maximum absolute atomic E-state index is 11.8. The van der Waals surface area contributed by atoms with Gasteiger partial charge in [0.05, 0.1) is 6.04 Å². The first kappa shape index (κ1) is 12.0. The Bertz CT molecular complexity index is 350. The van der Waals surface area contributed by atoms with Gasteiger partial charge >= 0.3 is 12.2 Å². The van der Waals surface area contributed by atoms with E-state index in [1.807, 2.05) is 20.8 Å². The molecule has 6 heteroatoms. The van der Waals surface area contributed by atoms with Crippen molar-refractivity contribution in [2.24, 2.45) is 5.92 Å². The van der Waals surface area contributed by atoms with Crippen molar-refractivity contribution in [1.29, 1.82) is 0 Å². The normalized spacial score (nSPS) is 27.5. The van der Waals surface area contributed by atoms with Crippen LogP contribution in [-0.2, 0) is 4.74 Å². The van der Waals surface area contributed by atoms with E-state index in [0.29, 0.717) is 19.6 Å². The molecular formula is C11H18N2O4. The predicted octanol–water partition coefficient (Wildman–Crippen LogP) is 1.22. The minimum atomic E-state index is -0.913. The number of carboxylic acid groups (broad SMARTS) is 1. The summed E-state index contributed by atoms with van der Waals surface area (Å²) in [4.78, 5) is 25.6. The second-order valence-electron chi connectivity index (χ2n) is 5.65. The summed E-state index contributed by atoms with van der Waals surface area (Å²) in [5.41, 5.74) is -0.507. The van der Waals surface area contributed by atoms with Crippen LogP contribution in [0.2, 0.25) is 0 Å². The highest BCUT2D eigenvalue weighted by Gasteiger charge is 2.50. The number of likely N-dealkylation sites (tertiary alicyclic amines) is 2. The van der Waals surface area contributed by atoms with Crippen molar-refractivity contribution in [1.82, 2.24) is 9.80 Å². The van der Waals surface area contributed by atoms with Crippen LogP contribution in [0.4, 0.5) is 9.59 Å². The van der Waals surface area contributed by atoms with Gasteiger partial charge in [-0.1, -0.05) is 0 Å². The Kier molecular flexibility index (Phi) is 2.67. The summed E-state index contributed by atoms with van der Waals surface area (Å²) < 4.78 is 5.27. The predicted molar refractivity (Wildman–Crippen MR) is 59.8 cm³/mol. The van der Waals surface area contributed by atoms with E-state index >= 15 is 0 Å². The third kappa shape index (κ3) is 2.30. The Morgan fingerprint density at radius 2 is 1.88 bits per heavy atom. The molecule has 96 valence electrons. The molecule has 2 fully saturated rings. The molecule has 2 rings (SSSR count). The fourth-order valence-electron chi connectivity index (χ4n) is 2.32. The van der Waals surface area contributed by atoms with Gasteiger partial charge in [-0.15, -0.1) is 0 Å². The van der Waals surface area contributed by atoms with Crippen LogP contribution in [0, 0.1) is 5.92 Å². The van der Waals surface area contributed by atoms with Crippen molar-refractivity contribution in [2.45, 2.75) is 32.4 Å². The van der Waals surface area contributed by atoms with Crippen molar-refractivity contribution in [3.05, 3.63) is 0 Å². The van der Waals surface area contributed by atoms with E-state index in [0.717, 1.165) is 0 Å². The zero-order valence-corrected chi connectivity index (χ0v) is 10.3. The van der Waals surface area contributed by atoms with Gasteiger partial charge in [-0.2, -0.15) is 0 Å². The molecule has 0 spiro atoms. The Morgan fingerprint density at radius 1 is 1.24 bits per heavy atom. The maximum Gasteiger partial charge on any atom is 0.410 e. The Labute approximate surface area is 100 Å². The van der Waals surface area contributed by atoms with Crippen molar-refractivity contribution < 1.29 is 19.4 Å². The molecule has 2 unspecified atom stereocenters. The maximum atomic E-state index is 11.8. The summed E-state index contributed by atoms with van der Waals surface area (Å²) in [6.45, 7) is 6.99. The van der Waals surface area contributed by atoms with Crippen LogP contribution in [0.15, 0.2) is 0 Å². The minimum Gasteiger partial charge on any atom is -0.465 e. The van der Waals surface area contributed by atoms with Gasteiger partial charge in [-0.05, 0) is 20.8 Å². The minimum absolute atomic E-state index is 0.000880. The smallest absolute Gasteiger partial charge is 0.410 e. The summed E-state index contributed by atoms with van der Waals surface area (Å²) in [5.74, 6) is 0.276. The van der Waals surface area contributed by atoms with Crippen molar-refractivity contribution in [3.8, 4) is 0 Å². The Balaban J connectivity index is 1.91. The van der Waals surface area contributed by atoms with Crippen LogP contribution in [0.1, 0.15) is 20.8 Å². The molecule has 1 N–H and O–H groups in total. The number of rotatable bonds is 0. The number of nitrogens with zero attached hydrogens (tertiary/aromatic N) is 2. The fraction of sp³-hybridized carbons (Fsp3) is 0.818. The number of amides is 2. The van der Waals surface area contributed by atoms with Crippen LogP contribution < -0.4 is 0 Å². The van der Waals surface area contributed by atoms with E-state index in [2.05, 4.69) is 0 Å². The van der Waals surface area contributed by atoms with Crippen LogP contribution in [0.5, 0.6) is 0 Å². The highest BCUT2D eigenvalue weighted by atomic mass is 16.6. The van der Waals surface area contributed by atoms with Gasteiger partial charge in [0.15, 0.2) is 0 Å². The molecule has 2 aliphatic heterocycles. The zero-order chi connectivity index (χ0) is 12.8. The molecule has 0 aliphatic carbocycles. The molecule has 0 bridgehead atoms. The lowest BCUT2D eigenvalue weighted by molar-refractivity contribution is -0.0164. The standard InChI is InChI=1S/C11H18N2O4/c1-11(2,3)17-10(16)13-5-7-4-12(9(14)15)6-8(7)13/h7-8H,4-6H2,1-3H3,(H,14,15). The molecule has 2 aliphatic rings. The second-order valence-corrected chi connectivity index (χ2v) is 5.65. The summed E-state index contributed by atoms with van der Waals surface area (Å²) in [6, 6.07) is 0.000880. The first-order chi connectivity index (χ1) is 7.78. The topological polar surface area (TPSA) is 70.1 Å². The molecule has 0 saturated carbocycles. The highest BCUT2D eigenvalue weighted by molar-refractivity contribution is 5.71. The number of carbonyl (C=O) groups excluding carboxylic acids is 1. The summed E-state index contributed by atoms with van der Waals surface area (Å²) in [7, 11) is 0. The van der Waals surface area contributed by atoms with Gasteiger partial charge in [0.25, 0.3) is 0 Å². The quantitative estimate of drug-likeness (QED) is 0.693. The van der Waals surface area contributed by atoms with E-state index in [9.17, 15) is 9.59 Å². The molecule has 2 amide bonds. The Morgan fingerprint density at radius 3 is 2.41 bits per heavy atom. The largest absolute Gasteiger partial charge is 0.465 e. The van der Waals surface area contributed by atoms with Crippen molar-refractivity contribution in [3.63, 3.8) is 0 Å². The summed E-state index contributed by atoms with van der Waals surface area (Å²) in [5, 5.41) is 8.88. The summed E-state index contributed by atoms with van der Waals surface area (Å²) in [6.07, 6.45) is -1.26. The molecular weight excluding hydrogens is 224 g/mol. The van der Waals surface area contributed by atoms with Crippen molar-refractivity contribution in [2.75, 3.05) is 19.6 Å². The lowest BCUT2D eigenvalue weighted by Crippen LogP contribution is -2.59. The van der Waals surface area contributed by atoms with Gasteiger partial charge in [-0.25, -0.2) is 9.59 Å². The van der Waals surface area contributed by atoms with Gasteiger partial charge in [0.1, 0.15) is 5.60 Å². The lowest BCUT2D eigenvalue weighted by atomic mass is 9.93.